The number of carbonyl (C=O) groups is 1. The predicted octanol–water partition coefficient (Wildman–Crippen LogP) is 3.80. The lowest BCUT2D eigenvalue weighted by Crippen LogP contribution is -2.08. The number of ether oxygens (including phenoxy) is 1. The molecule has 0 fully saturated rings. The Balaban J connectivity index is 2.39. The fourth-order valence-corrected chi connectivity index (χ4v) is 7.41. The molecule has 0 spiro atoms. The first-order valence-corrected chi connectivity index (χ1v) is 7.76. The molecule has 0 N–H and O–H groups in total. The molecule has 0 saturated carbocycles. The van der Waals surface area contributed by atoms with Crippen molar-refractivity contribution in [3.8, 4) is 0 Å². The van der Waals surface area contributed by atoms with Crippen molar-refractivity contribution in [2.45, 2.75) is 9.41 Å². The van der Waals surface area contributed by atoms with E-state index in [4.69, 9.17) is 11.6 Å². The van der Waals surface area contributed by atoms with E-state index in [9.17, 15) is 4.79 Å². The van der Waals surface area contributed by atoms with E-state index in [1.807, 2.05) is 0 Å². The normalized spacial score (nSPS) is 29.9. The predicted molar refractivity (Wildman–Crippen MR) is 72.5 cm³/mol. The molecule has 15 heavy (non-hydrogen) atoms. The molecule has 7 heteroatoms. The summed E-state index contributed by atoms with van der Waals surface area (Å²) in [5, 5.41) is 0.698. The molecule has 82 valence electrons. The van der Waals surface area contributed by atoms with Gasteiger partial charge in [0.2, 0.25) is 0 Å². The van der Waals surface area contributed by atoms with E-state index in [0.717, 1.165) is 9.39 Å². The molecule has 0 aliphatic carbocycles. The van der Waals surface area contributed by atoms with Crippen LogP contribution in [0.3, 0.4) is 0 Å². The zero-order chi connectivity index (χ0) is 11.2. The first-order chi connectivity index (χ1) is 7.06. The number of thioether (sulfide) groups is 2. The maximum Gasteiger partial charge on any atom is 0.345 e. The Bertz CT molecular complexity index is 394. The third-order valence-electron chi connectivity index (χ3n) is 2.00. The lowest BCUT2D eigenvalue weighted by atomic mass is 10.2. The van der Waals surface area contributed by atoms with Crippen molar-refractivity contribution in [3.63, 3.8) is 0 Å². The first kappa shape index (κ1) is 12.4. The van der Waals surface area contributed by atoms with Gasteiger partial charge in [-0.05, 0) is 15.9 Å². The van der Waals surface area contributed by atoms with Crippen LogP contribution in [0.25, 0.3) is 0 Å². The minimum absolute atomic E-state index is 0.186. The second-order valence-corrected chi connectivity index (χ2v) is 8.42. The molecule has 0 aromatic heterocycles. The third kappa shape index (κ3) is 2.04. The number of hydrogen-bond donors (Lipinski definition) is 0. The number of alkyl halides is 1. The Labute approximate surface area is 117 Å². The van der Waals surface area contributed by atoms with Gasteiger partial charge in [-0.25, -0.2) is 4.79 Å². The van der Waals surface area contributed by atoms with E-state index < -0.39 is 0 Å². The zero-order valence-corrected chi connectivity index (χ0v) is 13.0. The van der Waals surface area contributed by atoms with Crippen LogP contribution < -0.4 is 0 Å². The zero-order valence-electron chi connectivity index (χ0n) is 7.42. The van der Waals surface area contributed by atoms with Crippen LogP contribution in [0.5, 0.6) is 0 Å². The largest absolute Gasteiger partial charge is 0.465 e. The topological polar surface area (TPSA) is 26.3 Å². The number of fused-ring (bicyclic) bond motifs is 1. The molecule has 2 aliphatic heterocycles. The summed E-state index contributed by atoms with van der Waals surface area (Å²) < 4.78 is 5.91. The van der Waals surface area contributed by atoms with Gasteiger partial charge in [-0.2, -0.15) is 0 Å². The number of methoxy groups -OCH3 is 1. The number of carbonyl (C=O) groups excluding carboxylic acids is 1. The Kier molecular flexibility index (Phi) is 3.83. The number of halogens is 3. The Morgan fingerprint density at radius 3 is 2.73 bits per heavy atom. The van der Waals surface area contributed by atoms with Crippen molar-refractivity contribution in [2.24, 2.45) is 0 Å². The summed E-state index contributed by atoms with van der Waals surface area (Å²) in [6, 6.07) is 0. The molecule has 2 heterocycles. The molecular formula is C8H5Br2ClO2S2. The van der Waals surface area contributed by atoms with Crippen LogP contribution in [0, 0.1) is 0 Å². The van der Waals surface area contributed by atoms with Crippen molar-refractivity contribution in [2.75, 3.05) is 7.11 Å². The molecule has 2 atom stereocenters. The monoisotopic (exact) mass is 390 g/mol. The smallest absolute Gasteiger partial charge is 0.345 e. The molecule has 0 bridgehead atoms. The van der Waals surface area contributed by atoms with Gasteiger partial charge in [0.25, 0.3) is 0 Å². The van der Waals surface area contributed by atoms with Crippen molar-refractivity contribution in [3.05, 3.63) is 19.3 Å². The van der Waals surface area contributed by atoms with Gasteiger partial charge in [-0.3, -0.25) is 0 Å². The summed E-state index contributed by atoms with van der Waals surface area (Å²) in [7, 11) is 1.36. The standard InChI is InChI=1S/C8H5Br2ClO2S2/c1-13-8(12)5-3(11)2-4(14-5)7(10)15-6(2)9/h4,7H,1H3. The molecule has 0 amide bonds. The molecule has 0 radical (unpaired) electrons. The molecule has 2 nitrogen and oxygen atoms in total. The van der Waals surface area contributed by atoms with Crippen LogP contribution in [0.2, 0.25) is 0 Å². The van der Waals surface area contributed by atoms with Crippen LogP contribution in [0.1, 0.15) is 0 Å². The number of rotatable bonds is 1. The number of esters is 1. The van der Waals surface area contributed by atoms with Crippen molar-refractivity contribution in [1.82, 2.24) is 0 Å². The van der Waals surface area contributed by atoms with Gasteiger partial charge >= 0.3 is 5.97 Å². The van der Waals surface area contributed by atoms with Gasteiger partial charge in [0, 0.05) is 5.57 Å². The van der Waals surface area contributed by atoms with Gasteiger partial charge in [-0.15, -0.1) is 23.5 Å². The van der Waals surface area contributed by atoms with E-state index >= 15 is 0 Å². The highest BCUT2D eigenvalue weighted by atomic mass is 79.9. The van der Waals surface area contributed by atoms with E-state index in [1.165, 1.54) is 18.9 Å². The summed E-state index contributed by atoms with van der Waals surface area (Å²) in [6.45, 7) is 0. The van der Waals surface area contributed by atoms with Gasteiger partial charge < -0.3 is 4.74 Å². The Morgan fingerprint density at radius 1 is 1.53 bits per heavy atom. The Morgan fingerprint density at radius 2 is 2.20 bits per heavy atom. The van der Waals surface area contributed by atoms with Gasteiger partial charge in [0.15, 0.2) is 0 Å². The minimum atomic E-state index is -0.364. The fraction of sp³-hybridized carbons (Fsp3) is 0.375. The molecule has 2 rings (SSSR count). The average molecular weight is 393 g/mol. The minimum Gasteiger partial charge on any atom is -0.465 e. The van der Waals surface area contributed by atoms with Crippen LogP contribution in [-0.4, -0.2) is 22.5 Å². The maximum absolute atomic E-state index is 11.4. The summed E-state index contributed by atoms with van der Waals surface area (Å²) in [4.78, 5) is 11.9. The van der Waals surface area contributed by atoms with Crippen LogP contribution in [0.4, 0.5) is 0 Å². The molecule has 2 unspecified atom stereocenters. The highest BCUT2D eigenvalue weighted by molar-refractivity contribution is 9.15. The highest BCUT2D eigenvalue weighted by Crippen LogP contribution is 2.58. The van der Waals surface area contributed by atoms with Crippen LogP contribution in [0.15, 0.2) is 19.3 Å². The molecule has 0 aromatic rings. The molecule has 0 aromatic carbocycles. The highest BCUT2D eigenvalue weighted by Gasteiger charge is 2.43. The van der Waals surface area contributed by atoms with Gasteiger partial charge in [0.05, 0.1) is 25.4 Å². The van der Waals surface area contributed by atoms with Crippen LogP contribution in [-0.2, 0) is 9.53 Å². The van der Waals surface area contributed by atoms with Crippen LogP contribution >= 0.6 is 67.0 Å². The van der Waals surface area contributed by atoms with Gasteiger partial charge in [0.1, 0.15) is 4.91 Å². The SMILES string of the molecule is COC(=O)C1=C(Cl)C2=C(Br)SC(Br)C2S1. The van der Waals surface area contributed by atoms with E-state index in [0.29, 0.717) is 9.94 Å². The fourth-order valence-electron chi connectivity index (χ4n) is 1.32. The van der Waals surface area contributed by atoms with Gasteiger partial charge in [-0.1, -0.05) is 27.5 Å². The summed E-state index contributed by atoms with van der Waals surface area (Å²) >= 11 is 16.3. The summed E-state index contributed by atoms with van der Waals surface area (Å²) in [5.41, 5.74) is 0.994. The second kappa shape index (κ2) is 4.64. The van der Waals surface area contributed by atoms with E-state index in [2.05, 4.69) is 36.6 Å². The van der Waals surface area contributed by atoms with E-state index in [-0.39, 0.29) is 15.4 Å². The quantitative estimate of drug-likeness (QED) is 0.501. The van der Waals surface area contributed by atoms with E-state index in [1.54, 1.807) is 11.8 Å². The molecule has 2 aliphatic rings. The molecular weight excluding hydrogens is 387 g/mol. The van der Waals surface area contributed by atoms with Crippen molar-refractivity contribution < 1.29 is 9.53 Å². The molecule has 0 saturated heterocycles. The Hall–Kier alpha value is 0.900. The number of hydrogen-bond acceptors (Lipinski definition) is 4. The lowest BCUT2D eigenvalue weighted by molar-refractivity contribution is -0.135. The lowest BCUT2D eigenvalue weighted by Gasteiger charge is -2.08. The summed E-state index contributed by atoms with van der Waals surface area (Å²) in [5.74, 6) is -0.364. The number of allylic oxidation sites excluding steroid dienone is 1. The van der Waals surface area contributed by atoms with Crippen molar-refractivity contribution >= 4 is 73.0 Å². The summed E-state index contributed by atoms with van der Waals surface area (Å²) in [6.07, 6.45) is 0. The average Bonchev–Trinajstić information content (AvgIpc) is 2.67. The third-order valence-corrected chi connectivity index (χ3v) is 7.40. The maximum atomic E-state index is 11.4. The second-order valence-electron chi connectivity index (χ2n) is 2.83. The first-order valence-electron chi connectivity index (χ1n) is 3.91. The van der Waals surface area contributed by atoms with Crippen molar-refractivity contribution in [1.29, 1.82) is 0 Å².